The monoisotopic (exact) mass is 208 g/mol. The zero-order chi connectivity index (χ0) is 9.80. The quantitative estimate of drug-likeness (QED) is 0.824. The van der Waals surface area contributed by atoms with Gasteiger partial charge in [-0.25, -0.2) is 0 Å². The SMILES string of the molecule is OCCCc1cccc2c1SCCC2. The lowest BCUT2D eigenvalue weighted by atomic mass is 10.0. The molecule has 0 saturated carbocycles. The highest BCUT2D eigenvalue weighted by molar-refractivity contribution is 7.99. The van der Waals surface area contributed by atoms with Crippen LogP contribution in [-0.2, 0) is 12.8 Å². The molecule has 1 aliphatic heterocycles. The van der Waals surface area contributed by atoms with Crippen LogP contribution in [0.15, 0.2) is 23.1 Å². The number of rotatable bonds is 3. The molecule has 2 rings (SSSR count). The average Bonchev–Trinajstić information content (AvgIpc) is 2.26. The number of aliphatic hydroxyl groups excluding tert-OH is 1. The zero-order valence-electron chi connectivity index (χ0n) is 8.33. The van der Waals surface area contributed by atoms with Crippen LogP contribution in [0, 0.1) is 0 Å². The van der Waals surface area contributed by atoms with Gasteiger partial charge in [0, 0.05) is 11.5 Å². The summed E-state index contributed by atoms with van der Waals surface area (Å²) in [5.74, 6) is 1.25. The summed E-state index contributed by atoms with van der Waals surface area (Å²) in [6.07, 6.45) is 4.44. The summed E-state index contributed by atoms with van der Waals surface area (Å²) in [7, 11) is 0. The molecule has 0 radical (unpaired) electrons. The number of aryl methyl sites for hydroxylation is 2. The topological polar surface area (TPSA) is 20.2 Å². The molecule has 1 aliphatic rings. The Morgan fingerprint density at radius 3 is 3.14 bits per heavy atom. The van der Waals surface area contributed by atoms with Crippen molar-refractivity contribution in [3.63, 3.8) is 0 Å². The van der Waals surface area contributed by atoms with E-state index in [1.54, 1.807) is 0 Å². The summed E-state index contributed by atoms with van der Waals surface area (Å²) in [6, 6.07) is 6.59. The van der Waals surface area contributed by atoms with Crippen molar-refractivity contribution in [1.29, 1.82) is 0 Å². The molecule has 0 saturated heterocycles. The van der Waals surface area contributed by atoms with Gasteiger partial charge in [-0.2, -0.15) is 0 Å². The van der Waals surface area contributed by atoms with Crippen LogP contribution in [0.4, 0.5) is 0 Å². The molecule has 0 unspecified atom stereocenters. The smallest absolute Gasteiger partial charge is 0.0434 e. The van der Waals surface area contributed by atoms with Crippen LogP contribution in [-0.4, -0.2) is 17.5 Å². The molecule has 14 heavy (non-hydrogen) atoms. The molecule has 2 heteroatoms. The third-order valence-electron chi connectivity index (χ3n) is 2.62. The molecule has 0 bridgehead atoms. The lowest BCUT2D eigenvalue weighted by Gasteiger charge is -2.18. The highest BCUT2D eigenvalue weighted by Crippen LogP contribution is 2.33. The number of benzene rings is 1. The second kappa shape index (κ2) is 4.85. The van der Waals surface area contributed by atoms with E-state index < -0.39 is 0 Å². The lowest BCUT2D eigenvalue weighted by molar-refractivity contribution is 0.288. The third-order valence-corrected chi connectivity index (χ3v) is 3.93. The largest absolute Gasteiger partial charge is 0.396 e. The van der Waals surface area contributed by atoms with E-state index >= 15 is 0 Å². The van der Waals surface area contributed by atoms with Gasteiger partial charge >= 0.3 is 0 Å². The maximum Gasteiger partial charge on any atom is 0.0434 e. The van der Waals surface area contributed by atoms with E-state index in [-0.39, 0.29) is 0 Å². The van der Waals surface area contributed by atoms with Crippen LogP contribution in [0.1, 0.15) is 24.0 Å². The summed E-state index contributed by atoms with van der Waals surface area (Å²) in [5, 5.41) is 8.82. The number of hydrogen-bond acceptors (Lipinski definition) is 2. The summed E-state index contributed by atoms with van der Waals surface area (Å²) in [4.78, 5) is 1.49. The van der Waals surface area contributed by atoms with Crippen molar-refractivity contribution in [1.82, 2.24) is 0 Å². The highest BCUT2D eigenvalue weighted by Gasteiger charge is 2.12. The molecule has 0 aliphatic carbocycles. The molecule has 1 aromatic rings. The Morgan fingerprint density at radius 1 is 1.36 bits per heavy atom. The first-order valence-electron chi connectivity index (χ1n) is 5.26. The van der Waals surface area contributed by atoms with Crippen molar-refractivity contribution in [2.24, 2.45) is 0 Å². The predicted octanol–water partition coefficient (Wildman–Crippen LogP) is 2.65. The lowest BCUT2D eigenvalue weighted by Crippen LogP contribution is -2.02. The van der Waals surface area contributed by atoms with Crippen molar-refractivity contribution in [3.8, 4) is 0 Å². The van der Waals surface area contributed by atoms with Crippen molar-refractivity contribution < 1.29 is 5.11 Å². The van der Waals surface area contributed by atoms with Gasteiger partial charge in [0.1, 0.15) is 0 Å². The molecule has 0 fully saturated rings. The third kappa shape index (κ3) is 2.12. The minimum Gasteiger partial charge on any atom is -0.396 e. The molecule has 76 valence electrons. The molecular formula is C12H16OS. The second-order valence-electron chi connectivity index (χ2n) is 3.68. The Hall–Kier alpha value is -0.470. The van der Waals surface area contributed by atoms with E-state index in [0.29, 0.717) is 6.61 Å². The minimum absolute atomic E-state index is 0.300. The Kier molecular flexibility index (Phi) is 3.49. The van der Waals surface area contributed by atoms with Gasteiger partial charge in [-0.15, -0.1) is 11.8 Å². The fourth-order valence-corrected chi connectivity index (χ4v) is 3.13. The van der Waals surface area contributed by atoms with Crippen LogP contribution >= 0.6 is 11.8 Å². The van der Waals surface area contributed by atoms with E-state index in [4.69, 9.17) is 5.11 Å². The first kappa shape index (κ1) is 10.1. The Morgan fingerprint density at radius 2 is 2.29 bits per heavy atom. The fourth-order valence-electron chi connectivity index (χ4n) is 1.92. The molecule has 1 nitrogen and oxygen atoms in total. The highest BCUT2D eigenvalue weighted by atomic mass is 32.2. The maximum absolute atomic E-state index is 8.82. The Labute approximate surface area is 89.5 Å². The molecular weight excluding hydrogens is 192 g/mol. The maximum atomic E-state index is 8.82. The van der Waals surface area contributed by atoms with Crippen molar-refractivity contribution >= 4 is 11.8 Å². The molecule has 0 atom stereocenters. The number of thioether (sulfide) groups is 1. The molecule has 1 N–H and O–H groups in total. The normalized spacial score (nSPS) is 15.2. The van der Waals surface area contributed by atoms with E-state index in [9.17, 15) is 0 Å². The van der Waals surface area contributed by atoms with Gasteiger partial charge in [0.25, 0.3) is 0 Å². The van der Waals surface area contributed by atoms with Gasteiger partial charge in [0.05, 0.1) is 0 Å². The summed E-state index contributed by atoms with van der Waals surface area (Å²) >= 11 is 1.98. The molecule has 0 spiro atoms. The summed E-state index contributed by atoms with van der Waals surface area (Å²) in [6.45, 7) is 0.300. The molecule has 1 aromatic carbocycles. The van der Waals surface area contributed by atoms with Crippen LogP contribution in [0.2, 0.25) is 0 Å². The van der Waals surface area contributed by atoms with Gasteiger partial charge in [0.15, 0.2) is 0 Å². The zero-order valence-corrected chi connectivity index (χ0v) is 9.15. The fraction of sp³-hybridized carbons (Fsp3) is 0.500. The van der Waals surface area contributed by atoms with Gasteiger partial charge in [0.2, 0.25) is 0 Å². The van der Waals surface area contributed by atoms with E-state index in [1.807, 2.05) is 11.8 Å². The van der Waals surface area contributed by atoms with Gasteiger partial charge < -0.3 is 5.11 Å². The Bertz CT molecular complexity index is 309. The summed E-state index contributed by atoms with van der Waals surface area (Å²) in [5.41, 5.74) is 2.94. The van der Waals surface area contributed by atoms with Crippen molar-refractivity contribution in [2.75, 3.05) is 12.4 Å². The molecule has 0 amide bonds. The van der Waals surface area contributed by atoms with Crippen molar-refractivity contribution in [3.05, 3.63) is 29.3 Å². The van der Waals surface area contributed by atoms with Gasteiger partial charge in [-0.1, -0.05) is 18.2 Å². The van der Waals surface area contributed by atoms with E-state index in [2.05, 4.69) is 18.2 Å². The van der Waals surface area contributed by atoms with Crippen LogP contribution < -0.4 is 0 Å². The minimum atomic E-state index is 0.300. The van der Waals surface area contributed by atoms with Crippen molar-refractivity contribution in [2.45, 2.75) is 30.6 Å². The van der Waals surface area contributed by atoms with E-state index in [1.165, 1.54) is 34.6 Å². The van der Waals surface area contributed by atoms with Gasteiger partial charge in [-0.05, 0) is 42.6 Å². The number of aliphatic hydroxyl groups is 1. The predicted molar refractivity (Wildman–Crippen MR) is 60.9 cm³/mol. The number of hydrogen-bond donors (Lipinski definition) is 1. The van der Waals surface area contributed by atoms with Crippen LogP contribution in [0.5, 0.6) is 0 Å². The van der Waals surface area contributed by atoms with Gasteiger partial charge in [-0.3, -0.25) is 0 Å². The van der Waals surface area contributed by atoms with Crippen LogP contribution in [0.3, 0.4) is 0 Å². The standard InChI is InChI=1S/C12H16OS/c13-8-2-6-10-4-1-5-11-7-3-9-14-12(10)11/h1,4-5,13H,2-3,6-9H2. The second-order valence-corrected chi connectivity index (χ2v) is 4.79. The Balaban J connectivity index is 2.21. The number of fused-ring (bicyclic) bond motifs is 1. The summed E-state index contributed by atoms with van der Waals surface area (Å²) < 4.78 is 0. The van der Waals surface area contributed by atoms with E-state index in [0.717, 1.165) is 12.8 Å². The first-order chi connectivity index (χ1) is 6.92. The first-order valence-corrected chi connectivity index (χ1v) is 6.25. The van der Waals surface area contributed by atoms with Crippen LogP contribution in [0.25, 0.3) is 0 Å². The molecule has 0 aromatic heterocycles. The molecule has 1 heterocycles. The average molecular weight is 208 g/mol.